The zero-order valence-corrected chi connectivity index (χ0v) is 19.2. The zero-order chi connectivity index (χ0) is 23.6. The molecule has 4 rings (SSSR count). The van der Waals surface area contributed by atoms with E-state index in [9.17, 15) is 4.79 Å². The van der Waals surface area contributed by atoms with Crippen molar-refractivity contribution in [3.63, 3.8) is 0 Å². The van der Waals surface area contributed by atoms with Gasteiger partial charge in [0.25, 0.3) is 0 Å². The lowest BCUT2D eigenvalue weighted by Crippen LogP contribution is -2.50. The van der Waals surface area contributed by atoms with E-state index in [1.54, 1.807) is 4.90 Å². The maximum Gasteiger partial charge on any atom is 0.410 e. The van der Waals surface area contributed by atoms with Crippen molar-refractivity contribution in [2.75, 3.05) is 13.1 Å². The van der Waals surface area contributed by atoms with Gasteiger partial charge in [-0.2, -0.15) is 5.10 Å². The van der Waals surface area contributed by atoms with Gasteiger partial charge in [0.2, 0.25) is 0 Å². The Labute approximate surface area is 193 Å². The first kappa shape index (κ1) is 22.5. The Kier molecular flexibility index (Phi) is 5.93. The number of nitrogens with one attached hydrogen (secondary N) is 1. The molecule has 1 amide bonds. The van der Waals surface area contributed by atoms with E-state index in [0.717, 1.165) is 22.4 Å². The van der Waals surface area contributed by atoms with E-state index < -0.39 is 11.2 Å². The number of benzene rings is 2. The number of para-hydroxylation sites is 1. The van der Waals surface area contributed by atoms with E-state index in [4.69, 9.17) is 20.8 Å². The van der Waals surface area contributed by atoms with Gasteiger partial charge in [0.05, 0.1) is 0 Å². The van der Waals surface area contributed by atoms with Crippen molar-refractivity contribution < 1.29 is 14.3 Å². The van der Waals surface area contributed by atoms with E-state index >= 15 is 0 Å². The molecule has 0 aliphatic carbocycles. The van der Waals surface area contributed by atoms with Crippen molar-refractivity contribution in [3.8, 4) is 5.75 Å². The van der Waals surface area contributed by atoms with Crippen LogP contribution in [0.3, 0.4) is 0 Å². The molecule has 0 bridgehead atoms. The van der Waals surface area contributed by atoms with Crippen molar-refractivity contribution in [1.29, 1.82) is 5.53 Å². The molecule has 0 atom stereocenters. The van der Waals surface area contributed by atoms with Gasteiger partial charge in [-0.1, -0.05) is 42.5 Å². The maximum absolute atomic E-state index is 12.5. The number of amides is 1. The summed E-state index contributed by atoms with van der Waals surface area (Å²) in [5.41, 5.74) is 9.98. The third-order valence-electron chi connectivity index (χ3n) is 5.84. The molecular weight excluding hydrogens is 418 g/mol. The minimum absolute atomic E-state index is 0.175. The number of carbonyl (C=O) groups is 1. The summed E-state index contributed by atoms with van der Waals surface area (Å²) in [5.74, 6) is 6.33. The minimum atomic E-state index is -0.520. The summed E-state index contributed by atoms with van der Waals surface area (Å²) >= 11 is 0. The van der Waals surface area contributed by atoms with Gasteiger partial charge in [0, 0.05) is 37.1 Å². The molecule has 172 valence electrons. The Morgan fingerprint density at radius 2 is 1.79 bits per heavy atom. The number of piperidine rings is 1. The van der Waals surface area contributed by atoms with Gasteiger partial charge in [-0.15, -0.1) is 5.11 Å². The van der Waals surface area contributed by atoms with Crippen molar-refractivity contribution in [2.24, 2.45) is 16.1 Å². The van der Waals surface area contributed by atoms with Crippen LogP contribution in [-0.2, 0) is 4.74 Å². The highest BCUT2D eigenvalue weighted by Crippen LogP contribution is 2.43. The monoisotopic (exact) mass is 447 g/mol. The molecule has 33 heavy (non-hydrogen) atoms. The average Bonchev–Trinajstić information content (AvgIpc) is 2.79. The molecule has 8 heteroatoms. The smallest absolute Gasteiger partial charge is 0.410 e. The zero-order valence-electron chi connectivity index (χ0n) is 19.2. The number of hydrogen-bond acceptors (Lipinski definition) is 6. The van der Waals surface area contributed by atoms with Gasteiger partial charge < -0.3 is 20.2 Å². The van der Waals surface area contributed by atoms with E-state index in [1.165, 1.54) is 0 Å². The Morgan fingerprint density at radius 1 is 1.12 bits per heavy atom. The molecule has 3 N–H and O–H groups in total. The van der Waals surface area contributed by atoms with Crippen LogP contribution < -0.4 is 10.6 Å². The highest BCUT2D eigenvalue weighted by atomic mass is 16.6. The van der Waals surface area contributed by atoms with E-state index in [0.29, 0.717) is 31.5 Å². The number of rotatable bonds is 2. The number of hydrogen-bond donors (Lipinski definition) is 2. The molecule has 2 aliphatic rings. The van der Waals surface area contributed by atoms with Crippen LogP contribution in [-0.4, -0.2) is 41.1 Å². The van der Waals surface area contributed by atoms with Crippen LogP contribution in [0.5, 0.6) is 5.75 Å². The number of nitrogens with two attached hydrogens (primary N) is 1. The first-order chi connectivity index (χ1) is 15.7. The van der Waals surface area contributed by atoms with Gasteiger partial charge in [0.1, 0.15) is 17.0 Å². The van der Waals surface area contributed by atoms with Gasteiger partial charge in [0.15, 0.2) is 5.84 Å². The summed E-state index contributed by atoms with van der Waals surface area (Å²) < 4.78 is 12.0. The molecule has 2 aromatic carbocycles. The summed E-state index contributed by atoms with van der Waals surface area (Å²) in [6.45, 7) is 6.73. The van der Waals surface area contributed by atoms with Crippen LogP contribution in [0.15, 0.2) is 64.8 Å². The largest absolute Gasteiger partial charge is 0.482 e. The molecule has 1 saturated heterocycles. The first-order valence-electron chi connectivity index (χ1n) is 11.0. The predicted octanol–water partition coefficient (Wildman–Crippen LogP) is 4.93. The lowest BCUT2D eigenvalue weighted by atomic mass is 9.83. The molecule has 1 spiro atoms. The summed E-state index contributed by atoms with van der Waals surface area (Å²) in [6, 6.07) is 15.7. The fourth-order valence-electron chi connectivity index (χ4n) is 4.21. The van der Waals surface area contributed by atoms with Gasteiger partial charge in [-0.05, 0) is 44.1 Å². The number of carbonyl (C=O) groups excluding carboxylic acids is 1. The number of hydrazone groups is 1. The highest BCUT2D eigenvalue weighted by Gasteiger charge is 2.40. The number of likely N-dealkylation sites (tertiary alicyclic amines) is 1. The summed E-state index contributed by atoms with van der Waals surface area (Å²) in [4.78, 5) is 14.3. The predicted molar refractivity (Wildman–Crippen MR) is 126 cm³/mol. The molecule has 0 unspecified atom stereocenters. The normalized spacial score (nSPS) is 17.6. The fraction of sp³-hybridized carbons (Fsp3) is 0.360. The topological polar surface area (TPSA) is 113 Å². The fourth-order valence-corrected chi connectivity index (χ4v) is 4.21. The van der Waals surface area contributed by atoms with Gasteiger partial charge >= 0.3 is 6.09 Å². The van der Waals surface area contributed by atoms with Gasteiger partial charge in [-0.3, -0.25) is 0 Å². The molecule has 2 aromatic rings. The van der Waals surface area contributed by atoms with Crippen molar-refractivity contribution in [1.82, 2.24) is 4.90 Å². The van der Waals surface area contributed by atoms with Crippen LogP contribution in [0.25, 0.3) is 5.57 Å². The first-order valence-corrected chi connectivity index (χ1v) is 11.0. The molecule has 0 saturated carbocycles. The van der Waals surface area contributed by atoms with Crippen LogP contribution in [0.4, 0.5) is 4.79 Å². The van der Waals surface area contributed by atoms with Crippen molar-refractivity contribution >= 4 is 17.5 Å². The summed E-state index contributed by atoms with van der Waals surface area (Å²) in [6.07, 6.45) is 3.24. The summed E-state index contributed by atoms with van der Waals surface area (Å²) in [5, 5.41) is 6.92. The standard InChI is InChI=1S/C25H29N5O3/c1-24(2,3)33-23(31)30-14-12-25(13-15-30)16-20(19-6-4-5-7-21(19)32-25)17-8-10-18(11-9-17)22(28-26)29-27/h4-11,16,26H,12-15,27H2,1-3H3/b28-26?,29-22-. The van der Waals surface area contributed by atoms with Crippen LogP contribution in [0.2, 0.25) is 0 Å². The van der Waals surface area contributed by atoms with E-state index in [2.05, 4.69) is 16.3 Å². The Bertz CT molecular complexity index is 1110. The van der Waals surface area contributed by atoms with Gasteiger partial charge in [-0.25, -0.2) is 10.3 Å². The SMILES string of the molecule is CC(C)(C)OC(=O)N1CCC2(C=C(c3ccc(/C(N=N)=N/N)cc3)c3ccccc3O2)CC1. The number of amidine groups is 1. The second-order valence-electron chi connectivity index (χ2n) is 9.33. The van der Waals surface area contributed by atoms with Crippen LogP contribution in [0.1, 0.15) is 50.3 Å². The molecule has 8 nitrogen and oxygen atoms in total. The van der Waals surface area contributed by atoms with Crippen molar-refractivity contribution in [3.05, 3.63) is 71.3 Å². The summed E-state index contributed by atoms with van der Waals surface area (Å²) in [7, 11) is 0. The lowest BCUT2D eigenvalue weighted by molar-refractivity contribution is -0.00115. The maximum atomic E-state index is 12.5. The third kappa shape index (κ3) is 4.74. The van der Waals surface area contributed by atoms with E-state index in [-0.39, 0.29) is 11.9 Å². The Morgan fingerprint density at radius 3 is 2.39 bits per heavy atom. The second-order valence-corrected chi connectivity index (χ2v) is 9.33. The quantitative estimate of drug-likeness (QED) is 0.223. The lowest BCUT2D eigenvalue weighted by Gasteiger charge is -2.43. The Balaban J connectivity index is 1.62. The van der Waals surface area contributed by atoms with Crippen molar-refractivity contribution in [2.45, 2.75) is 44.8 Å². The molecule has 2 heterocycles. The van der Waals surface area contributed by atoms with Crippen LogP contribution >= 0.6 is 0 Å². The average molecular weight is 448 g/mol. The second kappa shape index (κ2) is 8.69. The third-order valence-corrected chi connectivity index (χ3v) is 5.84. The number of fused-ring (bicyclic) bond motifs is 1. The molecule has 1 fully saturated rings. The number of ether oxygens (including phenoxy) is 2. The minimum Gasteiger partial charge on any atom is -0.482 e. The molecular formula is C25H29N5O3. The van der Waals surface area contributed by atoms with E-state index in [1.807, 2.05) is 69.3 Å². The van der Waals surface area contributed by atoms with Crippen LogP contribution in [0, 0.1) is 5.53 Å². The number of nitrogens with zero attached hydrogens (tertiary/aromatic N) is 3. The molecule has 0 radical (unpaired) electrons. The molecule has 0 aromatic heterocycles. The highest BCUT2D eigenvalue weighted by molar-refractivity contribution is 5.99. The Hall–Kier alpha value is -3.68. The molecule has 2 aliphatic heterocycles.